The van der Waals surface area contributed by atoms with Crippen molar-refractivity contribution in [1.82, 2.24) is 14.9 Å². The number of nitrogens with zero attached hydrogens (tertiary/aromatic N) is 4. The topological polar surface area (TPSA) is 32.3 Å². The average Bonchev–Trinajstić information content (AvgIpc) is 3.26. The zero-order valence-corrected chi connectivity index (χ0v) is 14.7. The fraction of sp³-hybridized carbons (Fsp3) is 0.500. The van der Waals surface area contributed by atoms with E-state index in [0.29, 0.717) is 12.6 Å². The van der Waals surface area contributed by atoms with E-state index in [1.807, 2.05) is 6.20 Å². The van der Waals surface area contributed by atoms with E-state index in [-0.39, 0.29) is 6.04 Å². The van der Waals surface area contributed by atoms with Crippen molar-refractivity contribution in [2.24, 2.45) is 0 Å². The summed E-state index contributed by atoms with van der Waals surface area (Å²) in [7, 11) is 0. The smallest absolute Gasteiger partial charge is 0.225 e. The summed E-state index contributed by atoms with van der Waals surface area (Å²) in [5.74, 6) is -0.691. The highest BCUT2D eigenvalue weighted by Crippen LogP contribution is 2.44. The van der Waals surface area contributed by atoms with Crippen LogP contribution < -0.4 is 4.90 Å². The molecular formula is C20H22F2N4. The standard InChI is InChI=1S/C20H22F2N4/c21-16-5-3-13(9-17(16)22)12-26-14-4-6-19(26)15-11-23-20(24-18(15)10-14)25-7-1-2-8-25/h3,5,9,11,14,19H,1-2,4,6-8,10,12H2/t14-,19+/m0/s1. The summed E-state index contributed by atoms with van der Waals surface area (Å²) < 4.78 is 26.8. The van der Waals surface area contributed by atoms with E-state index >= 15 is 0 Å². The first kappa shape index (κ1) is 16.1. The van der Waals surface area contributed by atoms with Gasteiger partial charge < -0.3 is 4.90 Å². The van der Waals surface area contributed by atoms with Gasteiger partial charge in [0.15, 0.2) is 11.6 Å². The van der Waals surface area contributed by atoms with Crippen LogP contribution in [0.1, 0.15) is 48.5 Å². The summed E-state index contributed by atoms with van der Waals surface area (Å²) in [5, 5.41) is 0. The molecule has 4 nitrogen and oxygen atoms in total. The third-order valence-electron chi connectivity index (χ3n) is 6.06. The van der Waals surface area contributed by atoms with Gasteiger partial charge in [0.1, 0.15) is 0 Å². The number of benzene rings is 1. The van der Waals surface area contributed by atoms with E-state index < -0.39 is 11.6 Å². The van der Waals surface area contributed by atoms with Crippen LogP contribution in [0.4, 0.5) is 14.7 Å². The largest absolute Gasteiger partial charge is 0.341 e. The van der Waals surface area contributed by atoms with Gasteiger partial charge in [-0.25, -0.2) is 18.7 Å². The van der Waals surface area contributed by atoms with Gasteiger partial charge in [-0.15, -0.1) is 0 Å². The minimum atomic E-state index is -0.788. The van der Waals surface area contributed by atoms with E-state index in [0.717, 1.165) is 43.9 Å². The summed E-state index contributed by atoms with van der Waals surface area (Å²) in [6.45, 7) is 2.74. The molecule has 136 valence electrons. The zero-order chi connectivity index (χ0) is 17.7. The van der Waals surface area contributed by atoms with Gasteiger partial charge in [0, 0.05) is 49.9 Å². The Morgan fingerprint density at radius 2 is 1.92 bits per heavy atom. The first-order valence-corrected chi connectivity index (χ1v) is 9.49. The van der Waals surface area contributed by atoms with Gasteiger partial charge in [0.2, 0.25) is 5.95 Å². The van der Waals surface area contributed by atoms with Gasteiger partial charge in [-0.3, -0.25) is 4.90 Å². The molecule has 3 aliphatic rings. The third kappa shape index (κ3) is 2.67. The molecule has 1 aromatic carbocycles. The number of hydrogen-bond donors (Lipinski definition) is 0. The van der Waals surface area contributed by atoms with E-state index in [1.165, 1.54) is 36.2 Å². The van der Waals surface area contributed by atoms with Gasteiger partial charge in [0.25, 0.3) is 0 Å². The van der Waals surface area contributed by atoms with Crippen LogP contribution in [0.3, 0.4) is 0 Å². The Kier molecular flexibility index (Phi) is 3.89. The molecule has 2 fully saturated rings. The molecule has 26 heavy (non-hydrogen) atoms. The molecule has 0 radical (unpaired) electrons. The fourth-order valence-corrected chi connectivity index (χ4v) is 4.73. The maximum atomic E-state index is 13.6. The predicted octanol–water partition coefficient (Wildman–Crippen LogP) is 3.62. The van der Waals surface area contributed by atoms with Gasteiger partial charge >= 0.3 is 0 Å². The van der Waals surface area contributed by atoms with Crippen LogP contribution in [0.15, 0.2) is 24.4 Å². The second-order valence-corrected chi connectivity index (χ2v) is 7.64. The molecule has 2 bridgehead atoms. The first-order valence-electron chi connectivity index (χ1n) is 9.49. The Labute approximate surface area is 151 Å². The zero-order valence-electron chi connectivity index (χ0n) is 14.7. The Morgan fingerprint density at radius 3 is 2.73 bits per heavy atom. The van der Waals surface area contributed by atoms with E-state index in [1.54, 1.807) is 6.07 Å². The summed E-state index contributed by atoms with van der Waals surface area (Å²) in [4.78, 5) is 14.2. The molecule has 1 aromatic heterocycles. The lowest BCUT2D eigenvalue weighted by Crippen LogP contribution is -2.38. The molecule has 0 spiro atoms. The fourth-order valence-electron chi connectivity index (χ4n) is 4.73. The van der Waals surface area contributed by atoms with Crippen molar-refractivity contribution in [3.05, 3.63) is 52.9 Å². The van der Waals surface area contributed by atoms with Crippen LogP contribution in [0.5, 0.6) is 0 Å². The molecule has 0 unspecified atom stereocenters. The van der Waals surface area contributed by atoms with Gasteiger partial charge in [-0.1, -0.05) is 6.07 Å². The van der Waals surface area contributed by atoms with Crippen LogP contribution in [-0.2, 0) is 13.0 Å². The van der Waals surface area contributed by atoms with Crippen molar-refractivity contribution in [1.29, 1.82) is 0 Å². The quantitative estimate of drug-likeness (QED) is 0.841. The monoisotopic (exact) mass is 356 g/mol. The maximum Gasteiger partial charge on any atom is 0.225 e. The predicted molar refractivity (Wildman–Crippen MR) is 94.8 cm³/mol. The first-order chi connectivity index (χ1) is 12.7. The van der Waals surface area contributed by atoms with Crippen LogP contribution in [0, 0.1) is 11.6 Å². The van der Waals surface area contributed by atoms with E-state index in [4.69, 9.17) is 4.98 Å². The third-order valence-corrected chi connectivity index (χ3v) is 6.06. The van der Waals surface area contributed by atoms with Gasteiger partial charge in [-0.2, -0.15) is 0 Å². The minimum absolute atomic E-state index is 0.282. The molecular weight excluding hydrogens is 334 g/mol. The van der Waals surface area contributed by atoms with E-state index in [2.05, 4.69) is 14.8 Å². The summed E-state index contributed by atoms with van der Waals surface area (Å²) in [6.07, 6.45) is 7.54. The van der Waals surface area contributed by atoms with E-state index in [9.17, 15) is 8.78 Å². The minimum Gasteiger partial charge on any atom is -0.341 e. The highest BCUT2D eigenvalue weighted by Gasteiger charge is 2.41. The average molecular weight is 356 g/mol. The number of anilines is 1. The van der Waals surface area contributed by atoms with Crippen LogP contribution in [0.25, 0.3) is 0 Å². The Morgan fingerprint density at radius 1 is 1.08 bits per heavy atom. The molecule has 0 aliphatic carbocycles. The van der Waals surface area contributed by atoms with Crippen molar-refractivity contribution < 1.29 is 8.78 Å². The van der Waals surface area contributed by atoms with Crippen molar-refractivity contribution in [3.63, 3.8) is 0 Å². The highest BCUT2D eigenvalue weighted by atomic mass is 19.2. The number of fused-ring (bicyclic) bond motifs is 4. The van der Waals surface area contributed by atoms with Crippen LogP contribution >= 0.6 is 0 Å². The molecule has 5 rings (SSSR count). The van der Waals surface area contributed by atoms with Gasteiger partial charge in [0.05, 0.1) is 5.69 Å². The lowest BCUT2D eigenvalue weighted by Gasteiger charge is -2.36. The molecule has 2 aromatic rings. The molecule has 3 aliphatic heterocycles. The second kappa shape index (κ2) is 6.27. The number of hydrogen-bond acceptors (Lipinski definition) is 4. The molecule has 0 amide bonds. The molecule has 2 atom stereocenters. The Hall–Kier alpha value is -2.08. The summed E-state index contributed by atoms with van der Waals surface area (Å²) in [5.41, 5.74) is 3.21. The number of halogens is 2. The molecule has 0 saturated carbocycles. The molecule has 4 heterocycles. The van der Waals surface area contributed by atoms with Crippen molar-refractivity contribution in [2.75, 3.05) is 18.0 Å². The number of rotatable bonds is 3. The Balaban J connectivity index is 1.41. The summed E-state index contributed by atoms with van der Waals surface area (Å²) in [6, 6.07) is 4.92. The molecule has 6 heteroatoms. The SMILES string of the molecule is Fc1ccc(CN2[C@H]3CC[C@@H]2c2cnc(N4CCCC4)nc2C3)cc1F. The van der Waals surface area contributed by atoms with Crippen molar-refractivity contribution >= 4 is 5.95 Å². The molecule has 0 N–H and O–H groups in total. The summed E-state index contributed by atoms with van der Waals surface area (Å²) >= 11 is 0. The van der Waals surface area contributed by atoms with Crippen molar-refractivity contribution in [3.8, 4) is 0 Å². The van der Waals surface area contributed by atoms with Crippen LogP contribution in [-0.4, -0.2) is 34.0 Å². The lowest BCUT2D eigenvalue weighted by molar-refractivity contribution is 0.166. The molecule has 2 saturated heterocycles. The maximum absolute atomic E-state index is 13.6. The normalized spacial score (nSPS) is 24.9. The van der Waals surface area contributed by atoms with Crippen LogP contribution in [0.2, 0.25) is 0 Å². The Bertz CT molecular complexity index is 835. The highest BCUT2D eigenvalue weighted by molar-refractivity contribution is 5.38. The van der Waals surface area contributed by atoms with Crippen molar-refractivity contribution in [2.45, 2.75) is 50.7 Å². The second-order valence-electron chi connectivity index (χ2n) is 7.64. The van der Waals surface area contributed by atoms with Gasteiger partial charge in [-0.05, 0) is 43.4 Å². The lowest BCUT2D eigenvalue weighted by atomic mass is 9.98. The number of aromatic nitrogens is 2.